The lowest BCUT2D eigenvalue weighted by molar-refractivity contribution is -0.385. The zero-order chi connectivity index (χ0) is 11.6. The highest BCUT2D eigenvalue weighted by molar-refractivity contribution is 5.48. The Kier molecular flexibility index (Phi) is 2.92. The van der Waals surface area contributed by atoms with Gasteiger partial charge in [0.25, 0.3) is 0 Å². The third-order valence-electron chi connectivity index (χ3n) is 2.16. The van der Waals surface area contributed by atoms with E-state index in [0.717, 1.165) is 0 Å². The number of phenols is 1. The van der Waals surface area contributed by atoms with Crippen LogP contribution in [0.5, 0.6) is 5.75 Å². The van der Waals surface area contributed by atoms with Crippen molar-refractivity contribution in [2.24, 2.45) is 5.90 Å². The van der Waals surface area contributed by atoms with E-state index in [-0.39, 0.29) is 5.69 Å². The van der Waals surface area contributed by atoms with Gasteiger partial charge in [0, 0.05) is 6.07 Å². The number of nitro groups is 1. The maximum absolute atomic E-state index is 10.4. The van der Waals surface area contributed by atoms with Crippen molar-refractivity contribution in [3.05, 3.63) is 33.9 Å². The molecule has 1 aromatic carbocycles. The first-order chi connectivity index (χ1) is 6.88. The van der Waals surface area contributed by atoms with E-state index in [1.807, 2.05) is 0 Å². The van der Waals surface area contributed by atoms with Crippen LogP contribution in [0, 0.1) is 10.1 Å². The minimum Gasteiger partial charge on any atom is -0.502 e. The van der Waals surface area contributed by atoms with Gasteiger partial charge in [-0.3, -0.25) is 15.0 Å². The maximum atomic E-state index is 10.4. The summed E-state index contributed by atoms with van der Waals surface area (Å²) in [6, 6.07) is 3.97. The van der Waals surface area contributed by atoms with Crippen molar-refractivity contribution in [1.82, 2.24) is 0 Å². The lowest BCUT2D eigenvalue weighted by atomic mass is 9.98. The molecule has 15 heavy (non-hydrogen) atoms. The number of nitro benzene ring substituents is 1. The van der Waals surface area contributed by atoms with Gasteiger partial charge < -0.3 is 5.11 Å². The van der Waals surface area contributed by atoms with Gasteiger partial charge in [0.1, 0.15) is 5.60 Å². The van der Waals surface area contributed by atoms with Crippen molar-refractivity contribution >= 4 is 5.69 Å². The summed E-state index contributed by atoms with van der Waals surface area (Å²) in [5.41, 5.74) is -0.577. The number of aromatic hydroxyl groups is 1. The summed E-state index contributed by atoms with van der Waals surface area (Å²) in [6.07, 6.45) is 0. The Morgan fingerprint density at radius 1 is 1.53 bits per heavy atom. The SMILES string of the molecule is CC(C)(ON)c1ccc([N+](=O)[O-])c(O)c1. The van der Waals surface area contributed by atoms with Crippen LogP contribution in [0.2, 0.25) is 0 Å². The topological polar surface area (TPSA) is 98.6 Å². The molecule has 1 rings (SSSR count). The van der Waals surface area contributed by atoms with Crippen LogP contribution in [0.15, 0.2) is 18.2 Å². The Balaban J connectivity index is 3.18. The first kappa shape index (κ1) is 11.4. The molecule has 3 N–H and O–H groups in total. The Morgan fingerprint density at radius 2 is 2.13 bits per heavy atom. The molecule has 0 amide bonds. The van der Waals surface area contributed by atoms with E-state index >= 15 is 0 Å². The molecule has 0 aliphatic carbocycles. The average Bonchev–Trinajstić information content (AvgIpc) is 2.17. The summed E-state index contributed by atoms with van der Waals surface area (Å²) in [4.78, 5) is 14.5. The van der Waals surface area contributed by atoms with E-state index in [2.05, 4.69) is 0 Å². The van der Waals surface area contributed by atoms with Crippen molar-refractivity contribution < 1.29 is 14.9 Å². The van der Waals surface area contributed by atoms with E-state index in [4.69, 9.17) is 10.7 Å². The zero-order valence-corrected chi connectivity index (χ0v) is 8.43. The van der Waals surface area contributed by atoms with Gasteiger partial charge in [0.05, 0.1) is 4.92 Å². The van der Waals surface area contributed by atoms with Crippen LogP contribution in [0.25, 0.3) is 0 Å². The molecule has 0 unspecified atom stereocenters. The van der Waals surface area contributed by atoms with Gasteiger partial charge in [0.2, 0.25) is 0 Å². The quantitative estimate of drug-likeness (QED) is 0.583. The van der Waals surface area contributed by atoms with Gasteiger partial charge in [-0.05, 0) is 31.5 Å². The molecule has 0 aromatic heterocycles. The standard InChI is InChI=1S/C9H12N2O4/c1-9(2,15-10)6-3-4-7(11(13)14)8(12)5-6/h3-5,12H,10H2,1-2H3. The van der Waals surface area contributed by atoms with E-state index in [1.54, 1.807) is 13.8 Å². The second-order valence-electron chi connectivity index (χ2n) is 3.59. The highest BCUT2D eigenvalue weighted by Gasteiger charge is 2.23. The molecule has 1 aromatic rings. The van der Waals surface area contributed by atoms with Gasteiger partial charge in [-0.15, -0.1) is 0 Å². The second kappa shape index (κ2) is 3.84. The average molecular weight is 212 g/mol. The van der Waals surface area contributed by atoms with E-state index in [0.29, 0.717) is 5.56 Å². The molecular weight excluding hydrogens is 200 g/mol. The lowest BCUT2D eigenvalue weighted by Crippen LogP contribution is -2.25. The number of rotatable bonds is 3. The Morgan fingerprint density at radius 3 is 2.53 bits per heavy atom. The number of nitrogens with two attached hydrogens (primary N) is 1. The van der Waals surface area contributed by atoms with Gasteiger partial charge >= 0.3 is 5.69 Å². The fraction of sp³-hybridized carbons (Fsp3) is 0.333. The summed E-state index contributed by atoms with van der Waals surface area (Å²) >= 11 is 0. The first-order valence-corrected chi connectivity index (χ1v) is 4.24. The molecule has 0 bridgehead atoms. The summed E-state index contributed by atoms with van der Waals surface area (Å²) in [5.74, 6) is 4.67. The van der Waals surface area contributed by atoms with Crippen molar-refractivity contribution in [3.8, 4) is 5.75 Å². The molecule has 6 heteroatoms. The van der Waals surface area contributed by atoms with E-state index in [9.17, 15) is 15.2 Å². The number of nitrogens with zero attached hydrogens (tertiary/aromatic N) is 1. The largest absolute Gasteiger partial charge is 0.502 e. The van der Waals surface area contributed by atoms with Crippen LogP contribution >= 0.6 is 0 Å². The molecule has 0 heterocycles. The summed E-state index contributed by atoms with van der Waals surface area (Å²) in [5, 5.41) is 19.8. The fourth-order valence-corrected chi connectivity index (χ4v) is 1.12. The van der Waals surface area contributed by atoms with Gasteiger partial charge in [-0.1, -0.05) is 0 Å². The van der Waals surface area contributed by atoms with Gasteiger partial charge in [-0.2, -0.15) is 0 Å². The van der Waals surface area contributed by atoms with Crippen LogP contribution in [-0.4, -0.2) is 10.0 Å². The van der Waals surface area contributed by atoms with Crippen molar-refractivity contribution in [2.75, 3.05) is 0 Å². The van der Waals surface area contributed by atoms with Crippen LogP contribution in [-0.2, 0) is 10.4 Å². The molecule has 6 nitrogen and oxygen atoms in total. The maximum Gasteiger partial charge on any atom is 0.310 e. The van der Waals surface area contributed by atoms with Gasteiger partial charge in [-0.25, -0.2) is 5.90 Å². The van der Waals surface area contributed by atoms with Crippen molar-refractivity contribution in [1.29, 1.82) is 0 Å². The van der Waals surface area contributed by atoms with Crippen molar-refractivity contribution in [3.63, 3.8) is 0 Å². The van der Waals surface area contributed by atoms with Crippen LogP contribution in [0.4, 0.5) is 5.69 Å². The molecule has 0 aliphatic rings. The molecule has 82 valence electrons. The Bertz CT molecular complexity index is 390. The highest BCUT2D eigenvalue weighted by Crippen LogP contribution is 2.31. The molecule has 0 atom stereocenters. The minimum atomic E-state index is -0.799. The molecule has 0 fully saturated rings. The number of hydrogen-bond donors (Lipinski definition) is 2. The summed E-state index contributed by atoms with van der Waals surface area (Å²) in [7, 11) is 0. The normalized spacial score (nSPS) is 11.4. The van der Waals surface area contributed by atoms with Crippen LogP contribution in [0.1, 0.15) is 19.4 Å². The predicted octanol–water partition coefficient (Wildman–Crippen LogP) is 1.43. The number of hydrogen-bond acceptors (Lipinski definition) is 5. The minimum absolute atomic E-state index is 0.341. The monoisotopic (exact) mass is 212 g/mol. The smallest absolute Gasteiger partial charge is 0.310 e. The fourth-order valence-electron chi connectivity index (χ4n) is 1.12. The lowest BCUT2D eigenvalue weighted by Gasteiger charge is -2.22. The number of phenolic OH excluding ortho intramolecular Hbond substituents is 1. The molecule has 0 spiro atoms. The molecule has 0 aliphatic heterocycles. The molecule has 0 radical (unpaired) electrons. The van der Waals surface area contributed by atoms with Crippen LogP contribution < -0.4 is 5.90 Å². The summed E-state index contributed by atoms with van der Waals surface area (Å²) < 4.78 is 0. The second-order valence-corrected chi connectivity index (χ2v) is 3.59. The summed E-state index contributed by atoms with van der Waals surface area (Å²) in [6.45, 7) is 3.38. The number of benzene rings is 1. The Labute approximate surface area is 86.4 Å². The Hall–Kier alpha value is -1.66. The third kappa shape index (κ3) is 2.23. The highest BCUT2D eigenvalue weighted by atomic mass is 16.6. The molecule has 0 saturated heterocycles. The predicted molar refractivity (Wildman–Crippen MR) is 53.1 cm³/mol. The van der Waals surface area contributed by atoms with Crippen LogP contribution in [0.3, 0.4) is 0 Å². The zero-order valence-electron chi connectivity index (χ0n) is 8.43. The van der Waals surface area contributed by atoms with Crippen molar-refractivity contribution in [2.45, 2.75) is 19.4 Å². The van der Waals surface area contributed by atoms with E-state index < -0.39 is 16.3 Å². The molecule has 0 saturated carbocycles. The first-order valence-electron chi connectivity index (χ1n) is 4.24. The van der Waals surface area contributed by atoms with E-state index in [1.165, 1.54) is 18.2 Å². The third-order valence-corrected chi connectivity index (χ3v) is 2.16. The molecular formula is C9H12N2O4. The van der Waals surface area contributed by atoms with Gasteiger partial charge in [0.15, 0.2) is 5.75 Å².